The van der Waals surface area contributed by atoms with Gasteiger partial charge in [0.1, 0.15) is 11.9 Å². The first-order valence-electron chi connectivity index (χ1n) is 9.30. The highest BCUT2D eigenvalue weighted by Gasteiger charge is 2.23. The summed E-state index contributed by atoms with van der Waals surface area (Å²) in [5, 5.41) is 26.5. The van der Waals surface area contributed by atoms with Crippen molar-refractivity contribution in [2.24, 2.45) is 0 Å². The lowest BCUT2D eigenvalue weighted by Crippen LogP contribution is -2.31. The molecule has 0 aliphatic heterocycles. The Bertz CT molecular complexity index is 1170. The number of nitrogens with zero attached hydrogens (tertiary/aromatic N) is 3. The van der Waals surface area contributed by atoms with Gasteiger partial charge < -0.3 is 24.6 Å². The zero-order chi connectivity index (χ0) is 21.1. The highest BCUT2D eigenvalue weighted by molar-refractivity contribution is 5.95. The lowest BCUT2D eigenvalue weighted by atomic mass is 10.1. The molecule has 0 saturated heterocycles. The molecule has 3 N–H and O–H groups in total. The lowest BCUT2D eigenvalue weighted by Gasteiger charge is -2.12. The largest absolute Gasteiger partial charge is 0.395 e. The Balaban J connectivity index is 1.60. The van der Waals surface area contributed by atoms with Crippen LogP contribution in [0.5, 0.6) is 0 Å². The second kappa shape index (κ2) is 8.44. The summed E-state index contributed by atoms with van der Waals surface area (Å²) >= 11 is 0. The summed E-state index contributed by atoms with van der Waals surface area (Å²) in [5.41, 5.74) is 1.86. The minimum Gasteiger partial charge on any atom is -0.395 e. The summed E-state index contributed by atoms with van der Waals surface area (Å²) < 4.78 is 20.2. The minimum atomic E-state index is -0.922. The van der Waals surface area contributed by atoms with Gasteiger partial charge in [0.15, 0.2) is 0 Å². The standard InChI is InChI=1S/C21H19FN4O4/c22-14-7-5-13(6-8-14)20(29)23-17(12-28)21-24-19(25-30-21)16-11-26(9-10-27)18-4-2-1-3-15(16)18/h1-8,11,17,27-28H,9-10,12H2,(H,23,29)/t17-/m0/s1. The van der Waals surface area contributed by atoms with E-state index in [1.807, 2.05) is 35.0 Å². The van der Waals surface area contributed by atoms with Crippen LogP contribution in [0.1, 0.15) is 22.3 Å². The van der Waals surface area contributed by atoms with Gasteiger partial charge in [-0.15, -0.1) is 0 Å². The predicted octanol–water partition coefficient (Wildman–Crippen LogP) is 2.29. The van der Waals surface area contributed by atoms with Crippen molar-refractivity contribution in [3.8, 4) is 11.4 Å². The fourth-order valence-corrected chi connectivity index (χ4v) is 3.23. The molecular weight excluding hydrogens is 391 g/mol. The van der Waals surface area contributed by atoms with E-state index < -0.39 is 24.4 Å². The molecule has 0 fully saturated rings. The second-order valence-corrected chi connectivity index (χ2v) is 6.65. The third-order valence-electron chi connectivity index (χ3n) is 4.70. The van der Waals surface area contributed by atoms with Crippen molar-refractivity contribution in [2.45, 2.75) is 12.6 Å². The number of nitrogens with one attached hydrogen (secondary N) is 1. The first-order chi connectivity index (χ1) is 14.6. The van der Waals surface area contributed by atoms with E-state index in [4.69, 9.17) is 4.52 Å². The number of carbonyl (C=O) groups excluding carboxylic acids is 1. The molecule has 1 amide bonds. The Morgan fingerprint density at radius 2 is 1.93 bits per heavy atom. The Morgan fingerprint density at radius 1 is 1.17 bits per heavy atom. The van der Waals surface area contributed by atoms with E-state index in [1.165, 1.54) is 24.3 Å². The normalized spacial score (nSPS) is 12.2. The zero-order valence-electron chi connectivity index (χ0n) is 15.8. The fourth-order valence-electron chi connectivity index (χ4n) is 3.23. The van der Waals surface area contributed by atoms with E-state index in [1.54, 1.807) is 0 Å². The minimum absolute atomic E-state index is 0.0163. The van der Waals surface area contributed by atoms with Crippen LogP contribution >= 0.6 is 0 Å². The van der Waals surface area contributed by atoms with Crippen LogP contribution in [-0.4, -0.2) is 44.0 Å². The van der Waals surface area contributed by atoms with E-state index >= 15 is 0 Å². The van der Waals surface area contributed by atoms with Gasteiger partial charge >= 0.3 is 0 Å². The van der Waals surface area contributed by atoms with Crippen LogP contribution in [0.25, 0.3) is 22.3 Å². The highest BCUT2D eigenvalue weighted by atomic mass is 19.1. The smallest absolute Gasteiger partial charge is 0.251 e. The maximum Gasteiger partial charge on any atom is 0.251 e. The average molecular weight is 410 g/mol. The SMILES string of the molecule is O=C(N[C@@H](CO)c1nc(-c2cn(CCO)c3ccccc23)no1)c1ccc(F)cc1. The number of hydrogen-bond acceptors (Lipinski definition) is 6. The Morgan fingerprint density at radius 3 is 2.67 bits per heavy atom. The van der Waals surface area contributed by atoms with E-state index in [9.17, 15) is 19.4 Å². The summed E-state index contributed by atoms with van der Waals surface area (Å²) in [5.74, 6) is -0.616. The van der Waals surface area contributed by atoms with Gasteiger partial charge in [-0.3, -0.25) is 4.79 Å². The van der Waals surface area contributed by atoms with Crippen LogP contribution < -0.4 is 5.32 Å². The van der Waals surface area contributed by atoms with E-state index in [0.717, 1.165) is 10.9 Å². The molecule has 0 aliphatic carbocycles. The molecule has 2 aromatic carbocycles. The first-order valence-corrected chi connectivity index (χ1v) is 9.30. The number of para-hydroxylation sites is 1. The lowest BCUT2D eigenvalue weighted by molar-refractivity contribution is 0.0901. The average Bonchev–Trinajstić information content (AvgIpc) is 3.38. The summed E-state index contributed by atoms with van der Waals surface area (Å²) in [7, 11) is 0. The summed E-state index contributed by atoms with van der Waals surface area (Å²) in [6.45, 7) is -0.0589. The molecule has 0 spiro atoms. The molecule has 0 bridgehead atoms. The fraction of sp³-hybridized carbons (Fsp3) is 0.190. The first kappa shape index (κ1) is 19.7. The van der Waals surface area contributed by atoms with Crippen LogP contribution in [0, 0.1) is 5.82 Å². The van der Waals surface area contributed by atoms with Crippen molar-refractivity contribution in [3.05, 3.63) is 72.0 Å². The molecule has 30 heavy (non-hydrogen) atoms. The Hall–Kier alpha value is -3.56. The molecule has 4 rings (SSSR count). The number of aliphatic hydroxyl groups excluding tert-OH is 2. The molecule has 8 nitrogen and oxygen atoms in total. The molecule has 4 aromatic rings. The van der Waals surface area contributed by atoms with Gasteiger partial charge in [-0.05, 0) is 30.3 Å². The number of fused-ring (bicyclic) bond motifs is 1. The van der Waals surface area contributed by atoms with Gasteiger partial charge in [-0.2, -0.15) is 4.98 Å². The van der Waals surface area contributed by atoms with Crippen molar-refractivity contribution in [2.75, 3.05) is 13.2 Å². The molecule has 0 saturated carbocycles. The molecule has 9 heteroatoms. The van der Waals surface area contributed by atoms with Crippen molar-refractivity contribution in [3.63, 3.8) is 0 Å². The molecule has 1 atom stereocenters. The van der Waals surface area contributed by atoms with E-state index in [2.05, 4.69) is 15.5 Å². The number of amides is 1. The van der Waals surface area contributed by atoms with Crippen LogP contribution in [0.2, 0.25) is 0 Å². The quantitative estimate of drug-likeness (QED) is 0.431. The topological polar surface area (TPSA) is 113 Å². The third-order valence-corrected chi connectivity index (χ3v) is 4.70. The van der Waals surface area contributed by atoms with Crippen molar-refractivity contribution in [1.29, 1.82) is 0 Å². The molecule has 2 heterocycles. The van der Waals surface area contributed by atoms with Crippen molar-refractivity contribution in [1.82, 2.24) is 20.0 Å². The van der Waals surface area contributed by atoms with Gasteiger partial charge in [0.2, 0.25) is 5.82 Å². The number of carbonyl (C=O) groups is 1. The summed E-state index contributed by atoms with van der Waals surface area (Å²) in [6, 6.07) is 11.7. The van der Waals surface area contributed by atoms with Gasteiger partial charge in [-0.1, -0.05) is 23.4 Å². The van der Waals surface area contributed by atoms with Crippen LogP contribution in [-0.2, 0) is 6.54 Å². The molecule has 2 aromatic heterocycles. The van der Waals surface area contributed by atoms with E-state index in [-0.39, 0.29) is 18.1 Å². The molecule has 154 valence electrons. The maximum absolute atomic E-state index is 13.0. The summed E-state index contributed by atoms with van der Waals surface area (Å²) in [4.78, 5) is 16.7. The van der Waals surface area contributed by atoms with Gasteiger partial charge in [0.05, 0.1) is 13.2 Å². The zero-order valence-corrected chi connectivity index (χ0v) is 15.8. The van der Waals surface area contributed by atoms with Crippen molar-refractivity contribution < 1.29 is 23.9 Å². The van der Waals surface area contributed by atoms with Crippen LogP contribution in [0.3, 0.4) is 0 Å². The van der Waals surface area contributed by atoms with Crippen molar-refractivity contribution >= 4 is 16.8 Å². The number of rotatable bonds is 7. The summed E-state index contributed by atoms with van der Waals surface area (Å²) in [6.07, 6.45) is 1.82. The molecule has 0 radical (unpaired) electrons. The third kappa shape index (κ3) is 3.80. The Kier molecular flexibility index (Phi) is 5.55. The van der Waals surface area contributed by atoms with Crippen LogP contribution in [0.15, 0.2) is 59.3 Å². The monoisotopic (exact) mass is 410 g/mol. The molecular formula is C21H19FN4O4. The number of aliphatic hydroxyl groups is 2. The number of benzene rings is 2. The highest BCUT2D eigenvalue weighted by Crippen LogP contribution is 2.29. The Labute approximate surface area is 170 Å². The van der Waals surface area contributed by atoms with Gasteiger partial charge in [0.25, 0.3) is 11.8 Å². The van der Waals surface area contributed by atoms with E-state index in [0.29, 0.717) is 17.9 Å². The van der Waals surface area contributed by atoms with Gasteiger partial charge in [0, 0.05) is 34.8 Å². The van der Waals surface area contributed by atoms with Gasteiger partial charge in [-0.25, -0.2) is 4.39 Å². The van der Waals surface area contributed by atoms with Crippen LogP contribution in [0.4, 0.5) is 4.39 Å². The number of aromatic nitrogens is 3. The maximum atomic E-state index is 13.0. The predicted molar refractivity (Wildman–Crippen MR) is 106 cm³/mol. The number of halogens is 1. The molecule has 0 unspecified atom stereocenters. The second-order valence-electron chi connectivity index (χ2n) is 6.65. The number of hydrogen-bond donors (Lipinski definition) is 3. The molecule has 0 aliphatic rings.